The van der Waals surface area contributed by atoms with E-state index in [2.05, 4.69) is 36.2 Å². The lowest BCUT2D eigenvalue weighted by atomic mass is 10.1. The van der Waals surface area contributed by atoms with E-state index in [4.69, 9.17) is 0 Å². The molecule has 3 aliphatic heterocycles. The first-order chi connectivity index (χ1) is 11.9. The summed E-state index contributed by atoms with van der Waals surface area (Å²) in [7, 11) is 0. The van der Waals surface area contributed by atoms with Gasteiger partial charge in [-0.25, -0.2) is 4.68 Å². The summed E-state index contributed by atoms with van der Waals surface area (Å²) in [4.78, 5) is 6.93. The molecule has 5 heterocycles. The Labute approximate surface area is 147 Å². The molecule has 5 nitrogen and oxygen atoms in total. The maximum absolute atomic E-state index is 4.46. The van der Waals surface area contributed by atoms with E-state index in [1.807, 2.05) is 11.3 Å². The van der Waals surface area contributed by atoms with Crippen molar-refractivity contribution in [3.63, 3.8) is 0 Å². The average molecular weight is 344 g/mol. The standard InChI is InChI=1S/C18H25N5S/c1-3-15(12-21-9-5-18-14(11-21)6-10-24-18)22(7-1)13-16-17-4-2-8-23(17)20-19-16/h6,10,15H,1-5,7-9,11-13H2/t15-/m0/s1. The molecule has 0 aromatic carbocycles. The average Bonchev–Trinajstić information content (AvgIpc) is 3.34. The van der Waals surface area contributed by atoms with Crippen molar-refractivity contribution in [1.29, 1.82) is 0 Å². The maximum atomic E-state index is 4.46. The third kappa shape index (κ3) is 2.70. The van der Waals surface area contributed by atoms with Gasteiger partial charge in [0.2, 0.25) is 0 Å². The van der Waals surface area contributed by atoms with Gasteiger partial charge in [0.15, 0.2) is 0 Å². The molecular weight excluding hydrogens is 318 g/mol. The van der Waals surface area contributed by atoms with Crippen LogP contribution in [0.15, 0.2) is 11.4 Å². The fourth-order valence-corrected chi connectivity index (χ4v) is 5.49. The monoisotopic (exact) mass is 343 g/mol. The van der Waals surface area contributed by atoms with Crippen LogP contribution in [-0.2, 0) is 32.5 Å². The van der Waals surface area contributed by atoms with Crippen molar-refractivity contribution >= 4 is 11.3 Å². The number of nitrogens with zero attached hydrogens (tertiary/aromatic N) is 5. The second kappa shape index (κ2) is 6.24. The second-order valence-electron chi connectivity index (χ2n) is 7.43. The summed E-state index contributed by atoms with van der Waals surface area (Å²) in [5.41, 5.74) is 4.19. The summed E-state index contributed by atoms with van der Waals surface area (Å²) in [6.07, 6.45) is 6.28. The Morgan fingerprint density at radius 2 is 2.17 bits per heavy atom. The number of hydrogen-bond donors (Lipinski definition) is 0. The van der Waals surface area contributed by atoms with Gasteiger partial charge < -0.3 is 0 Å². The van der Waals surface area contributed by atoms with Gasteiger partial charge in [-0.05, 0) is 55.7 Å². The molecule has 1 fully saturated rings. The van der Waals surface area contributed by atoms with E-state index in [1.54, 1.807) is 10.4 Å². The molecule has 0 spiro atoms. The molecule has 24 heavy (non-hydrogen) atoms. The zero-order valence-corrected chi connectivity index (χ0v) is 15.0. The third-order valence-electron chi connectivity index (χ3n) is 5.91. The summed E-state index contributed by atoms with van der Waals surface area (Å²) in [5.74, 6) is 0. The summed E-state index contributed by atoms with van der Waals surface area (Å²) in [6.45, 7) is 6.84. The predicted molar refractivity (Wildman–Crippen MR) is 95.1 cm³/mol. The van der Waals surface area contributed by atoms with Crippen LogP contribution in [0.2, 0.25) is 0 Å². The van der Waals surface area contributed by atoms with E-state index in [1.165, 1.54) is 56.7 Å². The van der Waals surface area contributed by atoms with E-state index < -0.39 is 0 Å². The molecular formula is C18H25N5S. The van der Waals surface area contributed by atoms with Crippen molar-refractivity contribution in [3.05, 3.63) is 33.3 Å². The van der Waals surface area contributed by atoms with Crippen molar-refractivity contribution in [2.45, 2.75) is 57.8 Å². The minimum absolute atomic E-state index is 0.684. The highest BCUT2D eigenvalue weighted by atomic mass is 32.1. The molecule has 0 unspecified atom stereocenters. The summed E-state index contributed by atoms with van der Waals surface area (Å²) in [6, 6.07) is 3.00. The lowest BCUT2D eigenvalue weighted by molar-refractivity contribution is 0.156. The lowest BCUT2D eigenvalue weighted by Gasteiger charge is -2.32. The highest BCUT2D eigenvalue weighted by Gasteiger charge is 2.30. The Morgan fingerprint density at radius 3 is 3.17 bits per heavy atom. The van der Waals surface area contributed by atoms with Crippen LogP contribution in [0, 0.1) is 0 Å². The van der Waals surface area contributed by atoms with Gasteiger partial charge in [0.1, 0.15) is 0 Å². The number of rotatable bonds is 4. The van der Waals surface area contributed by atoms with Crippen LogP contribution in [0.4, 0.5) is 0 Å². The van der Waals surface area contributed by atoms with Crippen molar-refractivity contribution in [3.8, 4) is 0 Å². The molecule has 6 heteroatoms. The zero-order valence-electron chi connectivity index (χ0n) is 14.2. The largest absolute Gasteiger partial charge is 0.297 e. The first kappa shape index (κ1) is 15.0. The summed E-state index contributed by atoms with van der Waals surface area (Å²) < 4.78 is 2.11. The van der Waals surface area contributed by atoms with E-state index >= 15 is 0 Å². The van der Waals surface area contributed by atoms with Gasteiger partial charge in [0.05, 0.1) is 11.4 Å². The summed E-state index contributed by atoms with van der Waals surface area (Å²) in [5, 5.41) is 11.0. The molecule has 0 radical (unpaired) electrons. The second-order valence-corrected chi connectivity index (χ2v) is 8.43. The number of hydrogen-bond acceptors (Lipinski definition) is 5. The van der Waals surface area contributed by atoms with E-state index in [-0.39, 0.29) is 0 Å². The topological polar surface area (TPSA) is 37.2 Å². The SMILES string of the molecule is c1cc2c(s1)CCN(C[C@@H]1CCCN1Cc1nnn3c1CCC3)C2. The van der Waals surface area contributed by atoms with Crippen molar-refractivity contribution in [2.24, 2.45) is 0 Å². The van der Waals surface area contributed by atoms with E-state index in [0.29, 0.717) is 6.04 Å². The van der Waals surface area contributed by atoms with E-state index in [0.717, 1.165) is 26.1 Å². The molecule has 0 aliphatic carbocycles. The van der Waals surface area contributed by atoms with Crippen LogP contribution in [0.25, 0.3) is 0 Å². The van der Waals surface area contributed by atoms with Crippen molar-refractivity contribution < 1.29 is 0 Å². The van der Waals surface area contributed by atoms with Gasteiger partial charge in [-0.15, -0.1) is 16.4 Å². The molecule has 0 bridgehead atoms. The molecule has 2 aromatic heterocycles. The Hall–Kier alpha value is -1.24. The van der Waals surface area contributed by atoms with Crippen LogP contribution in [-0.4, -0.2) is 50.5 Å². The molecule has 0 amide bonds. The Balaban J connectivity index is 1.25. The third-order valence-corrected chi connectivity index (χ3v) is 6.93. The van der Waals surface area contributed by atoms with Gasteiger partial charge in [-0.1, -0.05) is 5.21 Å². The minimum atomic E-state index is 0.684. The normalized spacial score (nSPS) is 24.4. The number of fused-ring (bicyclic) bond motifs is 2. The molecule has 1 saturated heterocycles. The highest BCUT2D eigenvalue weighted by Crippen LogP contribution is 2.27. The number of aromatic nitrogens is 3. The molecule has 2 aromatic rings. The van der Waals surface area contributed by atoms with Crippen LogP contribution < -0.4 is 0 Å². The number of thiophene rings is 1. The highest BCUT2D eigenvalue weighted by molar-refractivity contribution is 7.10. The van der Waals surface area contributed by atoms with Gasteiger partial charge in [-0.2, -0.15) is 0 Å². The maximum Gasteiger partial charge on any atom is 0.0999 e. The first-order valence-corrected chi connectivity index (χ1v) is 10.2. The number of likely N-dealkylation sites (tertiary alicyclic amines) is 1. The minimum Gasteiger partial charge on any atom is -0.297 e. The first-order valence-electron chi connectivity index (χ1n) is 9.30. The summed E-state index contributed by atoms with van der Waals surface area (Å²) >= 11 is 1.93. The fourth-order valence-electron chi connectivity index (χ4n) is 4.60. The predicted octanol–water partition coefficient (Wildman–Crippen LogP) is 2.31. The lowest BCUT2D eigenvalue weighted by Crippen LogP contribution is -2.42. The molecule has 1 atom stereocenters. The van der Waals surface area contributed by atoms with Crippen LogP contribution in [0.5, 0.6) is 0 Å². The van der Waals surface area contributed by atoms with Gasteiger partial charge >= 0.3 is 0 Å². The molecule has 3 aliphatic rings. The Bertz CT molecular complexity index is 721. The Kier molecular flexibility index (Phi) is 3.91. The molecule has 0 N–H and O–H groups in total. The van der Waals surface area contributed by atoms with Gasteiger partial charge in [0, 0.05) is 43.6 Å². The number of aryl methyl sites for hydroxylation is 1. The van der Waals surface area contributed by atoms with Crippen LogP contribution >= 0.6 is 11.3 Å². The van der Waals surface area contributed by atoms with Crippen molar-refractivity contribution in [1.82, 2.24) is 24.8 Å². The smallest absolute Gasteiger partial charge is 0.0999 e. The van der Waals surface area contributed by atoms with Gasteiger partial charge in [-0.3, -0.25) is 9.80 Å². The van der Waals surface area contributed by atoms with Crippen molar-refractivity contribution in [2.75, 3.05) is 19.6 Å². The van der Waals surface area contributed by atoms with Gasteiger partial charge in [0.25, 0.3) is 0 Å². The quantitative estimate of drug-likeness (QED) is 0.854. The van der Waals surface area contributed by atoms with Crippen LogP contribution in [0.1, 0.15) is 41.1 Å². The van der Waals surface area contributed by atoms with E-state index in [9.17, 15) is 0 Å². The fraction of sp³-hybridized carbons (Fsp3) is 0.667. The zero-order chi connectivity index (χ0) is 15.9. The molecule has 128 valence electrons. The Morgan fingerprint density at radius 1 is 1.17 bits per heavy atom. The molecule has 5 rings (SSSR count). The molecule has 0 saturated carbocycles. The van der Waals surface area contributed by atoms with Crippen LogP contribution in [0.3, 0.4) is 0 Å².